The number of hydrogen-bond acceptors (Lipinski definition) is 4. The molecule has 0 radical (unpaired) electrons. The molecule has 1 saturated heterocycles. The third-order valence-electron chi connectivity index (χ3n) is 4.33. The number of anilines is 2. The van der Waals surface area contributed by atoms with Crippen LogP contribution in [0.5, 0.6) is 0 Å². The average Bonchev–Trinajstić information content (AvgIpc) is 3.00. The van der Waals surface area contributed by atoms with Gasteiger partial charge in [0.1, 0.15) is 4.88 Å². The van der Waals surface area contributed by atoms with Crippen molar-refractivity contribution >= 4 is 40.6 Å². The number of nitrogens with zero attached hydrogens (tertiary/aromatic N) is 1. The molecule has 1 aliphatic rings. The summed E-state index contributed by atoms with van der Waals surface area (Å²) in [6, 6.07) is 9.63. The normalized spacial score (nSPS) is 14.3. The molecule has 1 aliphatic heterocycles. The van der Waals surface area contributed by atoms with Crippen molar-refractivity contribution in [1.29, 1.82) is 0 Å². The zero-order valence-corrected chi connectivity index (χ0v) is 15.6. The van der Waals surface area contributed by atoms with E-state index in [1.54, 1.807) is 24.3 Å². The number of thiophene rings is 1. The molecular weight excluding hydrogens is 366 g/mol. The SMILES string of the molecule is O=C(O)c1ccc(C(=O)Nc2ccc(NC(=O)N3CCCCCC3)cc2)s1. The highest BCUT2D eigenvalue weighted by Crippen LogP contribution is 2.20. The summed E-state index contributed by atoms with van der Waals surface area (Å²) in [6.07, 6.45) is 4.39. The Hall–Kier alpha value is -2.87. The molecule has 27 heavy (non-hydrogen) atoms. The Morgan fingerprint density at radius 3 is 1.93 bits per heavy atom. The van der Waals surface area contributed by atoms with Gasteiger partial charge in [0.25, 0.3) is 5.91 Å². The fourth-order valence-corrected chi connectivity index (χ4v) is 3.62. The maximum atomic E-state index is 12.3. The van der Waals surface area contributed by atoms with Crippen LogP contribution in [0.3, 0.4) is 0 Å². The first kappa shape index (κ1) is 18.9. The zero-order chi connectivity index (χ0) is 19.2. The summed E-state index contributed by atoms with van der Waals surface area (Å²) >= 11 is 0.923. The molecule has 0 aliphatic carbocycles. The first-order chi connectivity index (χ1) is 13.0. The van der Waals surface area contributed by atoms with Crippen LogP contribution in [0.2, 0.25) is 0 Å². The van der Waals surface area contributed by atoms with Gasteiger partial charge in [-0.15, -0.1) is 11.3 Å². The number of benzene rings is 1. The van der Waals surface area contributed by atoms with Crippen molar-refractivity contribution in [2.45, 2.75) is 25.7 Å². The number of hydrogen-bond donors (Lipinski definition) is 3. The van der Waals surface area contributed by atoms with Gasteiger partial charge in [0, 0.05) is 24.5 Å². The van der Waals surface area contributed by atoms with Crippen LogP contribution in [0.15, 0.2) is 36.4 Å². The van der Waals surface area contributed by atoms with E-state index in [1.165, 1.54) is 12.1 Å². The summed E-state index contributed by atoms with van der Waals surface area (Å²) in [7, 11) is 0. The van der Waals surface area contributed by atoms with Gasteiger partial charge in [0.05, 0.1) is 4.88 Å². The van der Waals surface area contributed by atoms with Crippen molar-refractivity contribution in [3.8, 4) is 0 Å². The Labute approximate surface area is 161 Å². The van der Waals surface area contributed by atoms with Gasteiger partial charge in [-0.2, -0.15) is 0 Å². The molecule has 142 valence electrons. The minimum Gasteiger partial charge on any atom is -0.477 e. The number of carbonyl (C=O) groups excluding carboxylic acids is 2. The van der Waals surface area contributed by atoms with E-state index in [9.17, 15) is 14.4 Å². The first-order valence-corrected chi connectivity index (χ1v) is 9.65. The second-order valence-corrected chi connectivity index (χ2v) is 7.42. The Morgan fingerprint density at radius 1 is 0.815 bits per heavy atom. The molecular formula is C19H21N3O4S. The molecule has 0 spiro atoms. The summed E-state index contributed by atoms with van der Waals surface area (Å²) in [5, 5.41) is 14.5. The minimum absolute atomic E-state index is 0.103. The summed E-state index contributed by atoms with van der Waals surface area (Å²) in [5.74, 6) is -1.42. The van der Waals surface area contributed by atoms with Gasteiger partial charge in [0.2, 0.25) is 0 Å². The molecule has 2 heterocycles. The van der Waals surface area contributed by atoms with Crippen LogP contribution in [0.1, 0.15) is 45.0 Å². The smallest absolute Gasteiger partial charge is 0.345 e. The van der Waals surface area contributed by atoms with Gasteiger partial charge < -0.3 is 20.6 Å². The standard InChI is InChI=1S/C19H21N3O4S/c23-17(15-9-10-16(27-15)18(24)25)20-13-5-7-14(8-6-13)21-19(26)22-11-3-1-2-4-12-22/h5-10H,1-4,11-12H2,(H,20,23)(H,21,26)(H,24,25). The third kappa shape index (κ3) is 5.07. The molecule has 0 unspecified atom stereocenters. The van der Waals surface area contributed by atoms with Gasteiger partial charge in [-0.3, -0.25) is 4.79 Å². The number of nitrogens with one attached hydrogen (secondary N) is 2. The van der Waals surface area contributed by atoms with Crippen molar-refractivity contribution in [1.82, 2.24) is 4.90 Å². The molecule has 1 aromatic carbocycles. The van der Waals surface area contributed by atoms with Crippen LogP contribution in [0, 0.1) is 0 Å². The fraction of sp³-hybridized carbons (Fsp3) is 0.316. The number of aromatic carboxylic acids is 1. The summed E-state index contributed by atoms with van der Waals surface area (Å²) in [4.78, 5) is 37.7. The molecule has 2 aromatic rings. The van der Waals surface area contributed by atoms with E-state index in [4.69, 9.17) is 5.11 Å². The number of rotatable bonds is 4. The lowest BCUT2D eigenvalue weighted by Gasteiger charge is -2.20. The molecule has 0 bridgehead atoms. The predicted octanol–water partition coefficient (Wildman–Crippen LogP) is 4.11. The highest BCUT2D eigenvalue weighted by Gasteiger charge is 2.16. The molecule has 3 amide bonds. The predicted molar refractivity (Wildman–Crippen MR) is 105 cm³/mol. The van der Waals surface area contributed by atoms with Crippen molar-refractivity contribution < 1.29 is 19.5 Å². The first-order valence-electron chi connectivity index (χ1n) is 8.83. The van der Waals surface area contributed by atoms with Crippen LogP contribution in [-0.4, -0.2) is 41.0 Å². The monoisotopic (exact) mass is 387 g/mol. The van der Waals surface area contributed by atoms with Crippen LogP contribution in [-0.2, 0) is 0 Å². The lowest BCUT2D eigenvalue weighted by atomic mass is 10.2. The second kappa shape index (κ2) is 8.68. The molecule has 7 nitrogen and oxygen atoms in total. The Kier molecular flexibility index (Phi) is 6.08. The van der Waals surface area contributed by atoms with Crippen molar-refractivity contribution in [3.05, 3.63) is 46.2 Å². The number of likely N-dealkylation sites (tertiary alicyclic amines) is 1. The number of amides is 3. The molecule has 1 aromatic heterocycles. The summed E-state index contributed by atoms with van der Waals surface area (Å²) < 4.78 is 0. The highest BCUT2D eigenvalue weighted by molar-refractivity contribution is 7.15. The number of carboxylic acids is 1. The topological polar surface area (TPSA) is 98.7 Å². The zero-order valence-electron chi connectivity index (χ0n) is 14.7. The van der Waals surface area contributed by atoms with Gasteiger partial charge in [-0.05, 0) is 49.2 Å². The lowest BCUT2D eigenvalue weighted by Crippen LogP contribution is -2.35. The van der Waals surface area contributed by atoms with Crippen molar-refractivity contribution in [2.75, 3.05) is 23.7 Å². The Balaban J connectivity index is 1.57. The number of carboxylic acid groups (broad SMARTS) is 1. The van der Waals surface area contributed by atoms with E-state index in [0.29, 0.717) is 16.3 Å². The molecule has 3 rings (SSSR count). The van der Waals surface area contributed by atoms with Crippen LogP contribution < -0.4 is 10.6 Å². The van der Waals surface area contributed by atoms with E-state index in [-0.39, 0.29) is 16.8 Å². The van der Waals surface area contributed by atoms with Crippen LogP contribution >= 0.6 is 11.3 Å². The molecule has 8 heteroatoms. The lowest BCUT2D eigenvalue weighted by molar-refractivity contribution is 0.0702. The van der Waals surface area contributed by atoms with Gasteiger partial charge in [0.15, 0.2) is 0 Å². The fourth-order valence-electron chi connectivity index (χ4n) is 2.88. The van der Waals surface area contributed by atoms with E-state index < -0.39 is 5.97 Å². The summed E-state index contributed by atoms with van der Waals surface area (Å²) in [6.45, 7) is 1.55. The maximum absolute atomic E-state index is 12.3. The summed E-state index contributed by atoms with van der Waals surface area (Å²) in [5.41, 5.74) is 1.23. The number of urea groups is 1. The Bertz CT molecular complexity index is 824. The largest absolute Gasteiger partial charge is 0.477 e. The van der Waals surface area contributed by atoms with Gasteiger partial charge >= 0.3 is 12.0 Å². The Morgan fingerprint density at radius 2 is 1.37 bits per heavy atom. The van der Waals surface area contributed by atoms with E-state index in [1.807, 2.05) is 4.90 Å². The van der Waals surface area contributed by atoms with Crippen molar-refractivity contribution in [2.24, 2.45) is 0 Å². The third-order valence-corrected chi connectivity index (χ3v) is 5.40. The average molecular weight is 387 g/mol. The maximum Gasteiger partial charge on any atom is 0.345 e. The molecule has 1 fully saturated rings. The van der Waals surface area contributed by atoms with Crippen molar-refractivity contribution in [3.63, 3.8) is 0 Å². The second-order valence-electron chi connectivity index (χ2n) is 6.33. The van der Waals surface area contributed by atoms with Gasteiger partial charge in [-0.1, -0.05) is 12.8 Å². The minimum atomic E-state index is -1.05. The van der Waals surface area contributed by atoms with E-state index in [2.05, 4.69) is 10.6 Å². The number of carbonyl (C=O) groups is 3. The molecule has 3 N–H and O–H groups in total. The van der Waals surface area contributed by atoms with Gasteiger partial charge in [-0.25, -0.2) is 9.59 Å². The quantitative estimate of drug-likeness (QED) is 0.735. The van der Waals surface area contributed by atoms with Crippen LogP contribution in [0.4, 0.5) is 16.2 Å². The van der Waals surface area contributed by atoms with Crippen LogP contribution in [0.25, 0.3) is 0 Å². The van der Waals surface area contributed by atoms with E-state index in [0.717, 1.165) is 50.1 Å². The highest BCUT2D eigenvalue weighted by atomic mass is 32.1. The molecule has 0 saturated carbocycles. The molecule has 0 atom stereocenters. The van der Waals surface area contributed by atoms with E-state index >= 15 is 0 Å².